The number of nitrogens with zero attached hydrogens (tertiary/aromatic N) is 1. The van der Waals surface area contributed by atoms with E-state index in [0.29, 0.717) is 15.6 Å². The van der Waals surface area contributed by atoms with Crippen LogP contribution in [0.4, 0.5) is 5.00 Å². The predicted molar refractivity (Wildman–Crippen MR) is 112 cm³/mol. The van der Waals surface area contributed by atoms with Crippen LogP contribution in [0.25, 0.3) is 6.08 Å². The highest BCUT2D eigenvalue weighted by Crippen LogP contribution is 2.39. The highest BCUT2D eigenvalue weighted by Gasteiger charge is 2.27. The number of esters is 1. The first-order chi connectivity index (χ1) is 13.9. The fourth-order valence-electron chi connectivity index (χ4n) is 3.19. The molecule has 6 nitrogen and oxygen atoms in total. The Balaban J connectivity index is 1.94. The van der Waals surface area contributed by atoms with E-state index in [1.54, 1.807) is 6.92 Å². The first kappa shape index (κ1) is 20.9. The van der Waals surface area contributed by atoms with Gasteiger partial charge >= 0.3 is 5.97 Å². The number of carbonyl (C=O) groups is 2. The molecule has 0 radical (unpaired) electrons. The Morgan fingerprint density at radius 3 is 2.86 bits per heavy atom. The molecule has 0 aliphatic heterocycles. The Kier molecular flexibility index (Phi) is 6.57. The summed E-state index contributed by atoms with van der Waals surface area (Å²) in [6, 6.07) is 6.17. The number of carbonyl (C=O) groups excluding carboxylic acids is 2. The van der Waals surface area contributed by atoms with Crippen molar-refractivity contribution in [3.8, 4) is 11.8 Å². The summed E-state index contributed by atoms with van der Waals surface area (Å²) in [5, 5.41) is 22.8. The maximum atomic E-state index is 12.7. The van der Waals surface area contributed by atoms with Crippen molar-refractivity contribution < 1.29 is 19.4 Å². The lowest BCUT2D eigenvalue weighted by Gasteiger charge is -2.12. The zero-order valence-electron chi connectivity index (χ0n) is 15.8. The maximum Gasteiger partial charge on any atom is 0.341 e. The number of nitrogens with one attached hydrogen (secondary N) is 1. The number of amides is 1. The molecule has 29 heavy (non-hydrogen) atoms. The van der Waals surface area contributed by atoms with Crippen LogP contribution in [0.1, 0.15) is 46.1 Å². The molecule has 0 saturated carbocycles. The SMILES string of the molecule is CCOC(=O)c1c(NC(=O)/C(C#N)=C/c2cc(Cl)ccc2O)sc2c1CCCC2. The third-order valence-electron chi connectivity index (χ3n) is 4.53. The summed E-state index contributed by atoms with van der Waals surface area (Å²) >= 11 is 7.27. The number of phenols is 1. The monoisotopic (exact) mass is 430 g/mol. The van der Waals surface area contributed by atoms with Crippen molar-refractivity contribution in [2.45, 2.75) is 32.6 Å². The van der Waals surface area contributed by atoms with Gasteiger partial charge in [0.05, 0.1) is 12.2 Å². The molecule has 0 fully saturated rings. The third-order valence-corrected chi connectivity index (χ3v) is 5.97. The average molecular weight is 431 g/mol. The lowest BCUT2D eigenvalue weighted by Crippen LogP contribution is -2.16. The largest absolute Gasteiger partial charge is 0.507 e. The Hall–Kier alpha value is -2.82. The topological polar surface area (TPSA) is 99.4 Å². The molecule has 0 atom stereocenters. The van der Waals surface area contributed by atoms with Gasteiger partial charge in [-0.2, -0.15) is 5.26 Å². The number of benzene rings is 1. The van der Waals surface area contributed by atoms with Crippen LogP contribution in [0.5, 0.6) is 5.75 Å². The lowest BCUT2D eigenvalue weighted by molar-refractivity contribution is -0.112. The predicted octanol–water partition coefficient (Wildman–Crippen LogP) is 4.71. The van der Waals surface area contributed by atoms with Crippen LogP contribution in [0.15, 0.2) is 23.8 Å². The summed E-state index contributed by atoms with van der Waals surface area (Å²) < 4.78 is 5.18. The summed E-state index contributed by atoms with van der Waals surface area (Å²) in [6.45, 7) is 1.96. The molecule has 0 unspecified atom stereocenters. The van der Waals surface area contributed by atoms with Gasteiger partial charge in [-0.05, 0) is 62.4 Å². The molecule has 2 aromatic rings. The first-order valence-corrected chi connectivity index (χ1v) is 10.4. The second-order valence-corrected chi connectivity index (χ2v) is 8.00. The van der Waals surface area contributed by atoms with Gasteiger partial charge in [-0.15, -0.1) is 11.3 Å². The standard InChI is InChI=1S/C21H19ClN2O4S/c1-2-28-21(27)18-15-5-3-4-6-17(15)29-20(18)24-19(26)13(11-23)9-12-10-14(22)7-8-16(12)25/h7-10,25H,2-6H2,1H3,(H,24,26)/b13-9+. The van der Waals surface area contributed by atoms with Gasteiger partial charge in [0.25, 0.3) is 5.91 Å². The second-order valence-electron chi connectivity index (χ2n) is 6.46. The number of nitriles is 1. The van der Waals surface area contributed by atoms with Crippen molar-refractivity contribution in [2.24, 2.45) is 0 Å². The third kappa shape index (κ3) is 4.61. The van der Waals surface area contributed by atoms with Gasteiger partial charge in [-0.25, -0.2) is 4.79 Å². The number of aryl methyl sites for hydroxylation is 1. The van der Waals surface area contributed by atoms with Gasteiger partial charge in [0, 0.05) is 15.5 Å². The van der Waals surface area contributed by atoms with Crippen LogP contribution >= 0.6 is 22.9 Å². The van der Waals surface area contributed by atoms with Crippen molar-refractivity contribution in [2.75, 3.05) is 11.9 Å². The Bertz CT molecular complexity index is 1040. The molecular formula is C21H19ClN2O4S. The highest BCUT2D eigenvalue weighted by molar-refractivity contribution is 7.17. The van der Waals surface area contributed by atoms with Crippen LogP contribution in [-0.2, 0) is 22.4 Å². The Morgan fingerprint density at radius 2 is 2.14 bits per heavy atom. The summed E-state index contributed by atoms with van der Waals surface area (Å²) in [7, 11) is 0. The molecule has 1 aliphatic rings. The van der Waals surface area contributed by atoms with E-state index < -0.39 is 11.9 Å². The van der Waals surface area contributed by atoms with Gasteiger partial charge in [0.1, 0.15) is 22.4 Å². The molecule has 8 heteroatoms. The summed E-state index contributed by atoms with van der Waals surface area (Å²) in [4.78, 5) is 26.3. The molecule has 1 heterocycles. The fraction of sp³-hybridized carbons (Fsp3) is 0.286. The Morgan fingerprint density at radius 1 is 1.38 bits per heavy atom. The van der Waals surface area contributed by atoms with E-state index in [9.17, 15) is 20.0 Å². The Labute approximate surface area is 177 Å². The van der Waals surface area contributed by atoms with E-state index in [1.165, 1.54) is 35.6 Å². The zero-order valence-corrected chi connectivity index (χ0v) is 17.3. The van der Waals surface area contributed by atoms with Gasteiger partial charge in [0.15, 0.2) is 0 Å². The second kappa shape index (κ2) is 9.12. The number of hydrogen-bond acceptors (Lipinski definition) is 6. The molecule has 1 aromatic heterocycles. The van der Waals surface area contributed by atoms with Crippen LogP contribution < -0.4 is 5.32 Å². The summed E-state index contributed by atoms with van der Waals surface area (Å²) in [6.07, 6.45) is 4.86. The van der Waals surface area contributed by atoms with E-state index in [-0.39, 0.29) is 23.5 Å². The molecule has 0 saturated heterocycles. The van der Waals surface area contributed by atoms with Crippen molar-refractivity contribution >= 4 is 45.9 Å². The van der Waals surface area contributed by atoms with Gasteiger partial charge in [0.2, 0.25) is 0 Å². The van der Waals surface area contributed by atoms with Gasteiger partial charge in [-0.1, -0.05) is 11.6 Å². The molecule has 150 valence electrons. The number of ether oxygens (including phenoxy) is 1. The van der Waals surface area contributed by atoms with Gasteiger partial charge < -0.3 is 15.2 Å². The number of halogens is 1. The summed E-state index contributed by atoms with van der Waals surface area (Å²) in [5.74, 6) is -1.25. The molecule has 0 spiro atoms. The number of aromatic hydroxyl groups is 1. The van der Waals surface area contributed by atoms with Crippen molar-refractivity contribution in [1.29, 1.82) is 5.26 Å². The molecule has 3 rings (SSSR count). The average Bonchev–Trinajstić information content (AvgIpc) is 3.06. The van der Waals surface area contributed by atoms with E-state index in [4.69, 9.17) is 16.3 Å². The van der Waals surface area contributed by atoms with E-state index >= 15 is 0 Å². The van der Waals surface area contributed by atoms with Crippen molar-refractivity contribution in [3.05, 3.63) is 50.4 Å². The van der Waals surface area contributed by atoms with E-state index in [2.05, 4.69) is 5.32 Å². The van der Waals surface area contributed by atoms with Crippen LogP contribution in [-0.4, -0.2) is 23.6 Å². The number of hydrogen-bond donors (Lipinski definition) is 2. The molecule has 1 aromatic carbocycles. The van der Waals surface area contributed by atoms with Crippen molar-refractivity contribution in [1.82, 2.24) is 0 Å². The number of phenolic OH excluding ortho intramolecular Hbond substituents is 1. The fourth-order valence-corrected chi connectivity index (χ4v) is 4.64. The summed E-state index contributed by atoms with van der Waals surface area (Å²) in [5.41, 5.74) is 1.33. The molecule has 2 N–H and O–H groups in total. The van der Waals surface area contributed by atoms with Crippen LogP contribution in [0.2, 0.25) is 5.02 Å². The number of fused-ring (bicyclic) bond motifs is 1. The van der Waals surface area contributed by atoms with E-state index in [0.717, 1.165) is 36.1 Å². The highest BCUT2D eigenvalue weighted by atomic mass is 35.5. The number of anilines is 1. The molecule has 1 amide bonds. The number of thiophene rings is 1. The maximum absolute atomic E-state index is 12.7. The lowest BCUT2D eigenvalue weighted by atomic mass is 9.95. The van der Waals surface area contributed by atoms with E-state index in [1.807, 2.05) is 6.07 Å². The normalized spacial score (nSPS) is 13.3. The van der Waals surface area contributed by atoms with Gasteiger partial charge in [-0.3, -0.25) is 4.79 Å². The minimum absolute atomic E-state index is 0.103. The zero-order chi connectivity index (χ0) is 21.0. The molecular weight excluding hydrogens is 412 g/mol. The van der Waals surface area contributed by atoms with Crippen LogP contribution in [0.3, 0.4) is 0 Å². The smallest absolute Gasteiger partial charge is 0.341 e. The molecule has 0 bridgehead atoms. The molecule has 1 aliphatic carbocycles. The van der Waals surface area contributed by atoms with Crippen molar-refractivity contribution in [3.63, 3.8) is 0 Å². The minimum Gasteiger partial charge on any atom is -0.507 e. The number of rotatable bonds is 5. The minimum atomic E-state index is -0.670. The van der Waals surface area contributed by atoms with Crippen LogP contribution in [0, 0.1) is 11.3 Å². The first-order valence-electron chi connectivity index (χ1n) is 9.18. The quantitative estimate of drug-likeness (QED) is 0.406.